The molecule has 0 aliphatic carbocycles. The quantitative estimate of drug-likeness (QED) is 0.573. The van der Waals surface area contributed by atoms with E-state index in [-0.39, 0.29) is 16.9 Å². The highest BCUT2D eigenvalue weighted by molar-refractivity contribution is 6.18. The molecular formula is C20H15NO5. The van der Waals surface area contributed by atoms with Crippen molar-refractivity contribution in [2.45, 2.75) is 0 Å². The van der Waals surface area contributed by atoms with Gasteiger partial charge >= 0.3 is 11.9 Å². The van der Waals surface area contributed by atoms with Gasteiger partial charge in [-0.2, -0.15) is 0 Å². The fourth-order valence-corrected chi connectivity index (χ4v) is 3.45. The van der Waals surface area contributed by atoms with Gasteiger partial charge in [-0.15, -0.1) is 0 Å². The van der Waals surface area contributed by atoms with Gasteiger partial charge in [0.1, 0.15) is 16.9 Å². The number of methoxy groups -OCH3 is 2. The fourth-order valence-electron chi connectivity index (χ4n) is 3.45. The average Bonchev–Trinajstić information content (AvgIpc) is 3.17. The fraction of sp³-hybridized carbons (Fsp3) is 0.100. The molecule has 0 atom stereocenters. The van der Waals surface area contributed by atoms with Gasteiger partial charge < -0.3 is 19.0 Å². The number of aromatic hydroxyl groups is 1. The SMILES string of the molecule is COC(=O)c1c(C(=O)OC)c2c(-c3ccccc3)c(O)c3cccc1n32. The molecule has 3 heterocycles. The molecule has 0 spiro atoms. The molecule has 4 rings (SSSR count). The predicted octanol–water partition coefficient (Wildman–Crippen LogP) is 3.48. The summed E-state index contributed by atoms with van der Waals surface area (Å²) in [7, 11) is 2.51. The van der Waals surface area contributed by atoms with Crippen LogP contribution in [0, 0.1) is 0 Å². The number of rotatable bonds is 3. The molecule has 0 aliphatic rings. The summed E-state index contributed by atoms with van der Waals surface area (Å²) in [6.07, 6.45) is 0. The van der Waals surface area contributed by atoms with Crippen molar-refractivity contribution in [1.82, 2.24) is 4.40 Å². The van der Waals surface area contributed by atoms with Crippen LogP contribution in [0.3, 0.4) is 0 Å². The topological polar surface area (TPSA) is 77.2 Å². The minimum Gasteiger partial charge on any atom is -0.505 e. The van der Waals surface area contributed by atoms with Gasteiger partial charge in [-0.3, -0.25) is 0 Å². The number of carbonyl (C=O) groups excluding carboxylic acids is 2. The van der Waals surface area contributed by atoms with E-state index in [1.54, 1.807) is 22.6 Å². The summed E-state index contributed by atoms with van der Waals surface area (Å²) < 4.78 is 11.5. The molecular weight excluding hydrogens is 334 g/mol. The zero-order valence-electron chi connectivity index (χ0n) is 14.1. The minimum absolute atomic E-state index is 0.0402. The molecule has 0 saturated carbocycles. The van der Waals surface area contributed by atoms with E-state index >= 15 is 0 Å². The molecule has 0 radical (unpaired) electrons. The zero-order valence-corrected chi connectivity index (χ0v) is 14.1. The largest absolute Gasteiger partial charge is 0.505 e. The van der Waals surface area contributed by atoms with Crippen LogP contribution in [-0.4, -0.2) is 35.7 Å². The first-order chi connectivity index (χ1) is 12.6. The summed E-state index contributed by atoms with van der Waals surface area (Å²) in [6.45, 7) is 0. The van der Waals surface area contributed by atoms with E-state index in [9.17, 15) is 14.7 Å². The van der Waals surface area contributed by atoms with E-state index in [1.165, 1.54) is 14.2 Å². The van der Waals surface area contributed by atoms with Gasteiger partial charge in [-0.1, -0.05) is 36.4 Å². The Labute approximate surface area is 148 Å². The molecule has 0 saturated heterocycles. The summed E-state index contributed by atoms with van der Waals surface area (Å²) in [6, 6.07) is 14.3. The summed E-state index contributed by atoms with van der Waals surface area (Å²) in [5.74, 6) is -1.27. The molecule has 1 N–H and O–H groups in total. The molecule has 130 valence electrons. The molecule has 0 aliphatic heterocycles. The summed E-state index contributed by atoms with van der Waals surface area (Å²) in [5, 5.41) is 10.8. The molecule has 0 unspecified atom stereocenters. The molecule has 0 bridgehead atoms. The summed E-state index contributed by atoms with van der Waals surface area (Å²) in [4.78, 5) is 25.0. The lowest BCUT2D eigenvalue weighted by molar-refractivity contribution is 0.0559. The van der Waals surface area contributed by atoms with Crippen molar-refractivity contribution in [2.24, 2.45) is 0 Å². The molecule has 26 heavy (non-hydrogen) atoms. The smallest absolute Gasteiger partial charge is 0.340 e. The molecule has 6 heteroatoms. The van der Waals surface area contributed by atoms with Gasteiger partial charge in [0.2, 0.25) is 0 Å². The van der Waals surface area contributed by atoms with E-state index in [2.05, 4.69) is 0 Å². The highest BCUT2D eigenvalue weighted by Gasteiger charge is 2.32. The maximum Gasteiger partial charge on any atom is 0.340 e. The van der Waals surface area contributed by atoms with Crippen molar-refractivity contribution in [1.29, 1.82) is 0 Å². The van der Waals surface area contributed by atoms with Crippen molar-refractivity contribution in [3.8, 4) is 16.9 Å². The lowest BCUT2D eigenvalue weighted by atomic mass is 10.0. The van der Waals surface area contributed by atoms with Gasteiger partial charge in [0.15, 0.2) is 0 Å². The van der Waals surface area contributed by atoms with Crippen LogP contribution in [-0.2, 0) is 9.47 Å². The second kappa shape index (κ2) is 5.77. The third kappa shape index (κ3) is 1.99. The van der Waals surface area contributed by atoms with Crippen LogP contribution in [0.5, 0.6) is 5.75 Å². The van der Waals surface area contributed by atoms with Gasteiger partial charge in [-0.05, 0) is 17.7 Å². The van der Waals surface area contributed by atoms with Gasteiger partial charge in [0.05, 0.1) is 36.3 Å². The monoisotopic (exact) mass is 349 g/mol. The van der Waals surface area contributed by atoms with E-state index < -0.39 is 11.9 Å². The molecule has 3 aromatic heterocycles. The van der Waals surface area contributed by atoms with Crippen molar-refractivity contribution < 1.29 is 24.2 Å². The maximum atomic E-state index is 12.6. The Morgan fingerprint density at radius 1 is 0.846 bits per heavy atom. The van der Waals surface area contributed by atoms with Crippen LogP contribution in [0.25, 0.3) is 27.7 Å². The van der Waals surface area contributed by atoms with Crippen LogP contribution in [0.2, 0.25) is 0 Å². The van der Waals surface area contributed by atoms with Crippen molar-refractivity contribution in [3.63, 3.8) is 0 Å². The molecule has 6 nitrogen and oxygen atoms in total. The van der Waals surface area contributed by atoms with Crippen LogP contribution >= 0.6 is 0 Å². The summed E-state index contributed by atoms with van der Waals surface area (Å²) >= 11 is 0. The second-order valence-corrected chi connectivity index (χ2v) is 5.80. The van der Waals surface area contributed by atoms with Gasteiger partial charge in [0.25, 0.3) is 0 Å². The Morgan fingerprint density at radius 2 is 1.46 bits per heavy atom. The minimum atomic E-state index is -0.668. The van der Waals surface area contributed by atoms with Crippen LogP contribution < -0.4 is 0 Å². The summed E-state index contributed by atoms with van der Waals surface area (Å²) in [5.41, 5.74) is 2.79. The van der Waals surface area contributed by atoms with Crippen molar-refractivity contribution >= 4 is 28.5 Å². The molecule has 1 aromatic carbocycles. The predicted molar refractivity (Wildman–Crippen MR) is 95.9 cm³/mol. The number of carbonyl (C=O) groups is 2. The normalized spacial score (nSPS) is 11.2. The number of aromatic nitrogens is 1. The first-order valence-electron chi connectivity index (χ1n) is 7.93. The lowest BCUT2D eigenvalue weighted by Gasteiger charge is -2.05. The Hall–Kier alpha value is -3.54. The second-order valence-electron chi connectivity index (χ2n) is 5.80. The Morgan fingerprint density at radius 3 is 2.12 bits per heavy atom. The first kappa shape index (κ1) is 16.0. The number of nitrogens with zero attached hydrogens (tertiary/aromatic N) is 1. The lowest BCUT2D eigenvalue weighted by Crippen LogP contribution is -2.10. The van der Waals surface area contributed by atoms with Gasteiger partial charge in [0, 0.05) is 0 Å². The van der Waals surface area contributed by atoms with Crippen LogP contribution in [0.15, 0.2) is 48.5 Å². The third-order valence-corrected chi connectivity index (χ3v) is 4.51. The molecule has 4 aromatic rings. The highest BCUT2D eigenvalue weighted by Crippen LogP contribution is 2.45. The van der Waals surface area contributed by atoms with E-state index in [4.69, 9.17) is 9.47 Å². The number of hydrogen-bond acceptors (Lipinski definition) is 5. The zero-order chi connectivity index (χ0) is 18.4. The maximum absolute atomic E-state index is 12.6. The van der Waals surface area contributed by atoms with Crippen molar-refractivity contribution in [3.05, 3.63) is 59.7 Å². The Bertz CT molecular complexity index is 1140. The van der Waals surface area contributed by atoms with Crippen molar-refractivity contribution in [2.75, 3.05) is 14.2 Å². The number of benzene rings is 1. The molecule has 0 fully saturated rings. The first-order valence-corrected chi connectivity index (χ1v) is 7.93. The molecule has 0 amide bonds. The number of pyridine rings is 1. The average molecular weight is 349 g/mol. The van der Waals surface area contributed by atoms with E-state index in [0.29, 0.717) is 22.1 Å². The number of esters is 2. The Balaban J connectivity index is 2.26. The van der Waals surface area contributed by atoms with Crippen LogP contribution in [0.1, 0.15) is 20.7 Å². The number of hydrogen-bond donors (Lipinski definition) is 1. The number of ether oxygens (including phenoxy) is 2. The van der Waals surface area contributed by atoms with E-state index in [0.717, 1.165) is 5.56 Å². The third-order valence-electron chi connectivity index (χ3n) is 4.51. The van der Waals surface area contributed by atoms with E-state index in [1.807, 2.05) is 30.3 Å². The Kier molecular flexibility index (Phi) is 3.54. The van der Waals surface area contributed by atoms with Gasteiger partial charge in [-0.25, -0.2) is 9.59 Å². The van der Waals surface area contributed by atoms with Crippen LogP contribution in [0.4, 0.5) is 0 Å². The standard InChI is InChI=1S/C20H15NO5/c1-25-19(23)15-12-9-6-10-13-18(22)14(11-7-4-3-5-8-11)17(21(12)13)16(15)20(24)26-2/h3-10,22H,1-2H3. The highest BCUT2D eigenvalue weighted by atomic mass is 16.5.